The van der Waals surface area contributed by atoms with Crippen LogP contribution in [0.25, 0.3) is 5.57 Å². The summed E-state index contributed by atoms with van der Waals surface area (Å²) in [5.41, 5.74) is 9.39. The van der Waals surface area contributed by atoms with E-state index in [0.29, 0.717) is 71.0 Å². The van der Waals surface area contributed by atoms with Gasteiger partial charge in [-0.05, 0) is 92.9 Å². The first-order valence-corrected chi connectivity index (χ1v) is 20.3. The van der Waals surface area contributed by atoms with Crippen molar-refractivity contribution >= 4 is 52.6 Å². The number of urea groups is 1. The van der Waals surface area contributed by atoms with E-state index in [4.69, 9.17) is 17.3 Å². The number of nitrogens with zero attached hydrogens (tertiary/aromatic N) is 2. The lowest BCUT2D eigenvalue weighted by molar-refractivity contribution is -0.145. The van der Waals surface area contributed by atoms with Gasteiger partial charge in [0.1, 0.15) is 18.0 Å². The number of amides is 6. The quantitative estimate of drug-likeness (QED) is 0.130. The Morgan fingerprint density at radius 1 is 0.818 bits per heavy atom. The van der Waals surface area contributed by atoms with Gasteiger partial charge in [-0.1, -0.05) is 60.7 Å². The van der Waals surface area contributed by atoms with Crippen molar-refractivity contribution in [3.63, 3.8) is 0 Å². The number of nitrogens with one attached hydrogen (secondary N) is 3. The molecule has 0 bridgehead atoms. The summed E-state index contributed by atoms with van der Waals surface area (Å²) in [6.07, 6.45) is 9.32. The van der Waals surface area contributed by atoms with Gasteiger partial charge in [0.05, 0.1) is 6.04 Å². The third kappa shape index (κ3) is 11.9. The molecule has 5 rings (SSSR count). The highest BCUT2D eigenvalue weighted by Crippen LogP contribution is 2.32. The molecule has 5 N–H and O–H groups in total. The van der Waals surface area contributed by atoms with E-state index >= 15 is 0 Å². The van der Waals surface area contributed by atoms with Gasteiger partial charge in [0, 0.05) is 44.9 Å². The van der Waals surface area contributed by atoms with Crippen LogP contribution in [0.15, 0.2) is 60.7 Å². The van der Waals surface area contributed by atoms with Crippen LogP contribution in [0.4, 0.5) is 4.79 Å². The van der Waals surface area contributed by atoms with Crippen molar-refractivity contribution < 1.29 is 28.8 Å². The molecule has 2 aliphatic heterocycles. The van der Waals surface area contributed by atoms with Gasteiger partial charge in [0.25, 0.3) is 0 Å². The highest BCUT2D eigenvalue weighted by atomic mass is 35.5. The lowest BCUT2D eigenvalue weighted by Gasteiger charge is -2.38. The second kappa shape index (κ2) is 20.8. The van der Waals surface area contributed by atoms with Gasteiger partial charge in [-0.15, -0.1) is 11.6 Å². The van der Waals surface area contributed by atoms with Crippen molar-refractivity contribution in [2.45, 2.75) is 102 Å². The number of rotatable bonds is 18. The number of likely N-dealkylation sites (tertiary alicyclic amines) is 2. The monoisotopic (exact) mass is 774 g/mol. The smallest absolute Gasteiger partial charge is 0.312 e. The number of carbonyl (C=O) groups is 6. The van der Waals surface area contributed by atoms with E-state index in [1.807, 2.05) is 59.5 Å². The number of hydrogen-bond donors (Lipinski definition) is 4. The summed E-state index contributed by atoms with van der Waals surface area (Å²) in [7, 11) is 0. The number of ketones is 1. The molecule has 55 heavy (non-hydrogen) atoms. The van der Waals surface area contributed by atoms with Gasteiger partial charge in [-0.3, -0.25) is 24.0 Å². The molecule has 0 unspecified atom stereocenters. The molecule has 2 aromatic carbocycles. The molecule has 0 spiro atoms. The number of fused-ring (bicyclic) bond motifs is 1. The number of nitrogens with two attached hydrogens (primary N) is 1. The molecule has 296 valence electrons. The number of allylic oxidation sites excluding steroid dienone is 1. The van der Waals surface area contributed by atoms with Crippen molar-refractivity contribution in [2.24, 2.45) is 11.7 Å². The minimum absolute atomic E-state index is 0.0783. The van der Waals surface area contributed by atoms with E-state index in [2.05, 4.69) is 22.0 Å². The average molecular weight is 775 g/mol. The molecular weight excluding hydrogens is 720 g/mol. The summed E-state index contributed by atoms with van der Waals surface area (Å²) in [5, 5.41) is 8.40. The number of carbonyl (C=O) groups excluding carboxylic acids is 6. The Labute approximate surface area is 329 Å². The van der Waals surface area contributed by atoms with Crippen LogP contribution in [-0.4, -0.2) is 95.4 Å². The zero-order valence-corrected chi connectivity index (χ0v) is 32.4. The molecule has 2 heterocycles. The molecule has 2 fully saturated rings. The number of alkyl halides is 1. The second-order valence-corrected chi connectivity index (χ2v) is 15.1. The van der Waals surface area contributed by atoms with Crippen molar-refractivity contribution in [1.29, 1.82) is 0 Å². The molecule has 1 aliphatic carbocycles. The van der Waals surface area contributed by atoms with Crippen LogP contribution in [-0.2, 0) is 36.8 Å². The van der Waals surface area contributed by atoms with Crippen molar-refractivity contribution in [1.82, 2.24) is 25.8 Å². The summed E-state index contributed by atoms with van der Waals surface area (Å²) in [6.45, 7) is 1.88. The van der Waals surface area contributed by atoms with Gasteiger partial charge in [0.15, 0.2) is 5.78 Å². The predicted molar refractivity (Wildman–Crippen MR) is 212 cm³/mol. The van der Waals surface area contributed by atoms with E-state index < -0.39 is 41.9 Å². The maximum absolute atomic E-state index is 14.5. The van der Waals surface area contributed by atoms with Crippen molar-refractivity contribution in [3.8, 4) is 0 Å². The lowest BCUT2D eigenvalue weighted by Crippen LogP contribution is -2.59. The van der Waals surface area contributed by atoms with Crippen LogP contribution in [0, 0.1) is 5.92 Å². The zero-order valence-electron chi connectivity index (χ0n) is 31.6. The number of primary amides is 1. The first kappa shape index (κ1) is 41.5. The first-order chi connectivity index (χ1) is 26.6. The third-order valence-electron chi connectivity index (χ3n) is 11.0. The number of piperidine rings is 2. The van der Waals surface area contributed by atoms with Crippen molar-refractivity contribution in [2.75, 3.05) is 32.1 Å². The summed E-state index contributed by atoms with van der Waals surface area (Å²) >= 11 is 5.84. The molecule has 6 amide bonds. The molecule has 2 saturated heterocycles. The summed E-state index contributed by atoms with van der Waals surface area (Å²) in [5.74, 6) is -2.55. The summed E-state index contributed by atoms with van der Waals surface area (Å²) in [6, 6.07) is 14.3. The van der Waals surface area contributed by atoms with E-state index in [0.717, 1.165) is 41.5 Å². The largest absolute Gasteiger partial charge is 0.352 e. The average Bonchev–Trinajstić information content (AvgIpc) is 3.62. The first-order valence-electron chi connectivity index (χ1n) is 19.8. The lowest BCUT2D eigenvalue weighted by atomic mass is 9.89. The molecule has 0 aromatic heterocycles. The minimum Gasteiger partial charge on any atom is -0.352 e. The van der Waals surface area contributed by atoms with E-state index in [1.54, 1.807) is 4.90 Å². The molecule has 0 saturated carbocycles. The molecule has 12 nitrogen and oxygen atoms in total. The molecular formula is C42H55ClN6O6. The minimum atomic E-state index is -0.950. The zero-order chi connectivity index (χ0) is 39.2. The maximum atomic E-state index is 14.5. The number of halogens is 1. The maximum Gasteiger partial charge on any atom is 0.312 e. The molecule has 2 aromatic rings. The van der Waals surface area contributed by atoms with Crippen LogP contribution in [0.3, 0.4) is 0 Å². The van der Waals surface area contributed by atoms with Crippen LogP contribution in [0.2, 0.25) is 0 Å². The molecule has 4 atom stereocenters. The Morgan fingerprint density at radius 3 is 2.29 bits per heavy atom. The van der Waals surface area contributed by atoms with Crippen LogP contribution < -0.4 is 21.7 Å². The number of Topliss-reactive ketones (excluding diaryl/α,β-unsaturated/α-hetero) is 1. The second-order valence-electron chi connectivity index (χ2n) is 14.9. The number of benzene rings is 2. The van der Waals surface area contributed by atoms with E-state index in [-0.39, 0.29) is 42.9 Å². The van der Waals surface area contributed by atoms with Gasteiger partial charge in [-0.25, -0.2) is 4.79 Å². The number of hydrogen-bond acceptors (Lipinski definition) is 6. The van der Waals surface area contributed by atoms with E-state index in [1.165, 1.54) is 0 Å². The third-order valence-corrected chi connectivity index (χ3v) is 11.2. The Balaban J connectivity index is 1.36. The standard InChI is InChI=1S/C42H55ClN6O6/c43-28-38(51)46-34(21-18-29-12-3-1-4-13-29)41(54)49-25-10-7-17-36(49)39(52)47-35(26-31-20-19-30-14-5-6-16-33(30)31)37(50)27-32(15-11-22-45-42(44)55)40(53)48-23-8-2-9-24-48/h1,3-6,12-14,16,20,32,34-36H,2,7-11,15,17-19,21-28H2,(H,46,51)(H,47,52)(H3,44,45,55)/t32-,34+,35+,36+/m1/s1. The Kier molecular flexibility index (Phi) is 15.7. The van der Waals surface area contributed by atoms with E-state index in [9.17, 15) is 28.8 Å². The normalized spacial score (nSPS) is 18.3. The Bertz CT molecular complexity index is 1700. The Hall–Kier alpha value is -4.71. The van der Waals surface area contributed by atoms with Gasteiger partial charge >= 0.3 is 6.03 Å². The van der Waals surface area contributed by atoms with Crippen LogP contribution in [0.5, 0.6) is 0 Å². The SMILES string of the molecule is NC(=O)NCCC[C@H](CC(=O)[C@H](CC1=CCc2ccccc21)NC(=O)[C@@H]1CCCCN1C(=O)[C@H](CCc1ccccc1)NC(=O)CCl)C(=O)N1CCCCC1. The fourth-order valence-corrected chi connectivity index (χ4v) is 8.10. The van der Waals surface area contributed by atoms with Crippen LogP contribution >= 0.6 is 11.6 Å². The molecule has 3 aliphatic rings. The summed E-state index contributed by atoms with van der Waals surface area (Å²) in [4.78, 5) is 84.0. The fourth-order valence-electron chi connectivity index (χ4n) is 8.03. The Morgan fingerprint density at radius 2 is 1.55 bits per heavy atom. The van der Waals surface area contributed by atoms with Crippen molar-refractivity contribution in [3.05, 3.63) is 77.4 Å². The van der Waals surface area contributed by atoms with Gasteiger partial charge in [0.2, 0.25) is 23.6 Å². The number of aryl methyl sites for hydroxylation is 1. The van der Waals surface area contributed by atoms with Crippen LogP contribution in [0.1, 0.15) is 87.3 Å². The highest BCUT2D eigenvalue weighted by molar-refractivity contribution is 6.27. The molecule has 0 radical (unpaired) electrons. The molecule has 13 heteroatoms. The van der Waals surface area contributed by atoms with Gasteiger partial charge in [-0.2, -0.15) is 0 Å². The fraction of sp³-hybridized carbons (Fsp3) is 0.524. The van der Waals surface area contributed by atoms with Gasteiger partial charge < -0.3 is 31.5 Å². The highest BCUT2D eigenvalue weighted by Gasteiger charge is 2.38. The summed E-state index contributed by atoms with van der Waals surface area (Å²) < 4.78 is 0. The topological polar surface area (TPSA) is 171 Å². The predicted octanol–water partition coefficient (Wildman–Crippen LogP) is 4.27.